The average molecular weight is 162 g/mol. The summed E-state index contributed by atoms with van der Waals surface area (Å²) in [5.41, 5.74) is 1.08. The first kappa shape index (κ1) is 9.46. The lowest BCUT2D eigenvalue weighted by Crippen LogP contribution is -2.04. The molecule has 3 nitrogen and oxygen atoms in total. The van der Waals surface area contributed by atoms with E-state index in [1.54, 1.807) is 6.33 Å². The number of imidazole rings is 1. The van der Waals surface area contributed by atoms with Gasteiger partial charge in [0.2, 0.25) is 0 Å². The Bertz CT molecular complexity index is 185. The molecular formula is C6H12ClN3. The molecule has 1 aromatic rings. The van der Waals surface area contributed by atoms with E-state index in [1.165, 1.54) is 0 Å². The van der Waals surface area contributed by atoms with Gasteiger partial charge in [-0.05, 0) is 7.05 Å². The molecule has 1 heterocycles. The van der Waals surface area contributed by atoms with Crippen LogP contribution in [0.3, 0.4) is 0 Å². The Kier molecular flexibility index (Phi) is 4.07. The highest BCUT2D eigenvalue weighted by molar-refractivity contribution is 5.85. The highest BCUT2D eigenvalue weighted by Crippen LogP contribution is 1.90. The Morgan fingerprint density at radius 1 is 1.70 bits per heavy atom. The number of aromatic nitrogens is 2. The fraction of sp³-hybridized carbons (Fsp3) is 0.500. The lowest BCUT2D eigenvalue weighted by atomic mass is 10.5. The third kappa shape index (κ3) is 2.37. The molecule has 0 amide bonds. The Morgan fingerprint density at radius 3 is 2.80 bits per heavy atom. The standard InChI is InChI=1S/C6H11N3.ClH/c1-7-3-6-4-9(2)5-8-6;/h4-5,7H,3H2,1-2H3;1H. The van der Waals surface area contributed by atoms with Gasteiger partial charge in [-0.1, -0.05) is 0 Å². The smallest absolute Gasteiger partial charge is 0.0947 e. The second-order valence-electron chi connectivity index (χ2n) is 2.06. The summed E-state index contributed by atoms with van der Waals surface area (Å²) in [5.74, 6) is 0. The first-order chi connectivity index (χ1) is 4.33. The number of hydrogen-bond donors (Lipinski definition) is 1. The van der Waals surface area contributed by atoms with Gasteiger partial charge >= 0.3 is 0 Å². The molecule has 1 N–H and O–H groups in total. The van der Waals surface area contributed by atoms with Crippen LogP contribution in [0.15, 0.2) is 12.5 Å². The molecule has 10 heavy (non-hydrogen) atoms. The van der Waals surface area contributed by atoms with Gasteiger partial charge in [-0.2, -0.15) is 0 Å². The van der Waals surface area contributed by atoms with Gasteiger partial charge in [0.25, 0.3) is 0 Å². The van der Waals surface area contributed by atoms with Crippen molar-refractivity contribution in [1.29, 1.82) is 0 Å². The van der Waals surface area contributed by atoms with Crippen LogP contribution < -0.4 is 5.32 Å². The van der Waals surface area contributed by atoms with Gasteiger partial charge in [0, 0.05) is 19.8 Å². The van der Waals surface area contributed by atoms with Gasteiger partial charge in [-0.25, -0.2) is 4.98 Å². The maximum absolute atomic E-state index is 4.11. The van der Waals surface area contributed by atoms with Gasteiger partial charge < -0.3 is 9.88 Å². The van der Waals surface area contributed by atoms with Crippen molar-refractivity contribution in [2.75, 3.05) is 7.05 Å². The molecule has 4 heteroatoms. The number of halogens is 1. The number of aryl methyl sites for hydroxylation is 1. The first-order valence-electron chi connectivity index (χ1n) is 2.94. The third-order valence-corrected chi connectivity index (χ3v) is 1.12. The summed E-state index contributed by atoms with van der Waals surface area (Å²) in [4.78, 5) is 4.11. The lowest BCUT2D eigenvalue weighted by molar-refractivity contribution is 0.795. The normalized spacial score (nSPS) is 9.00. The number of nitrogens with zero attached hydrogens (tertiary/aromatic N) is 2. The Hall–Kier alpha value is -0.540. The van der Waals surface area contributed by atoms with Gasteiger partial charge in [0.05, 0.1) is 12.0 Å². The van der Waals surface area contributed by atoms with Gasteiger partial charge in [-0.3, -0.25) is 0 Å². The van der Waals surface area contributed by atoms with Gasteiger partial charge in [0.15, 0.2) is 0 Å². The van der Waals surface area contributed by atoms with Crippen LogP contribution in [-0.4, -0.2) is 16.6 Å². The molecule has 0 aromatic carbocycles. The average Bonchev–Trinajstić information content (AvgIpc) is 2.17. The molecule has 0 unspecified atom stereocenters. The molecule has 0 atom stereocenters. The molecule has 1 aromatic heterocycles. The number of nitrogens with one attached hydrogen (secondary N) is 1. The Balaban J connectivity index is 0.000000810. The number of hydrogen-bond acceptors (Lipinski definition) is 2. The van der Waals surface area contributed by atoms with Crippen molar-refractivity contribution in [2.45, 2.75) is 6.54 Å². The molecule has 0 bridgehead atoms. The predicted molar refractivity (Wildman–Crippen MR) is 43.2 cm³/mol. The van der Waals surface area contributed by atoms with E-state index in [0.717, 1.165) is 12.2 Å². The second kappa shape index (κ2) is 4.30. The van der Waals surface area contributed by atoms with Crippen LogP contribution in [0.5, 0.6) is 0 Å². The molecule has 0 aliphatic heterocycles. The third-order valence-electron chi connectivity index (χ3n) is 1.12. The fourth-order valence-electron chi connectivity index (χ4n) is 0.739. The zero-order chi connectivity index (χ0) is 6.69. The SMILES string of the molecule is CNCc1cn(C)cn1.Cl. The Morgan fingerprint density at radius 2 is 2.40 bits per heavy atom. The maximum atomic E-state index is 4.11. The van der Waals surface area contributed by atoms with E-state index in [1.807, 2.05) is 24.9 Å². The summed E-state index contributed by atoms with van der Waals surface area (Å²) < 4.78 is 1.94. The van der Waals surface area contributed by atoms with E-state index in [2.05, 4.69) is 10.3 Å². The van der Waals surface area contributed by atoms with Crippen LogP contribution in [0.25, 0.3) is 0 Å². The van der Waals surface area contributed by atoms with Crippen molar-refractivity contribution < 1.29 is 0 Å². The first-order valence-corrected chi connectivity index (χ1v) is 2.94. The van der Waals surface area contributed by atoms with Crippen LogP contribution >= 0.6 is 12.4 Å². The van der Waals surface area contributed by atoms with Crippen molar-refractivity contribution in [3.8, 4) is 0 Å². The number of rotatable bonds is 2. The Labute approximate surface area is 66.9 Å². The van der Waals surface area contributed by atoms with E-state index >= 15 is 0 Å². The van der Waals surface area contributed by atoms with Crippen LogP contribution in [0.2, 0.25) is 0 Å². The van der Waals surface area contributed by atoms with Crippen LogP contribution in [0, 0.1) is 0 Å². The molecular weight excluding hydrogens is 150 g/mol. The molecule has 58 valence electrons. The van der Waals surface area contributed by atoms with E-state index in [9.17, 15) is 0 Å². The molecule has 0 spiro atoms. The topological polar surface area (TPSA) is 29.9 Å². The minimum Gasteiger partial charge on any atom is -0.340 e. The van der Waals surface area contributed by atoms with E-state index in [4.69, 9.17) is 0 Å². The van der Waals surface area contributed by atoms with Crippen LogP contribution in [0.4, 0.5) is 0 Å². The molecule has 0 aliphatic rings. The highest BCUT2D eigenvalue weighted by Gasteiger charge is 1.90. The minimum atomic E-state index is 0. The predicted octanol–water partition coefficient (Wildman–Crippen LogP) is 0.561. The van der Waals surface area contributed by atoms with Gasteiger partial charge in [0.1, 0.15) is 0 Å². The molecule has 0 saturated heterocycles. The highest BCUT2D eigenvalue weighted by atomic mass is 35.5. The summed E-state index contributed by atoms with van der Waals surface area (Å²) in [5, 5.41) is 3.02. The second-order valence-corrected chi connectivity index (χ2v) is 2.06. The molecule has 0 aliphatic carbocycles. The fourth-order valence-corrected chi connectivity index (χ4v) is 0.739. The van der Waals surface area contributed by atoms with Crippen molar-refractivity contribution in [2.24, 2.45) is 7.05 Å². The zero-order valence-electron chi connectivity index (χ0n) is 6.16. The van der Waals surface area contributed by atoms with Crippen molar-refractivity contribution >= 4 is 12.4 Å². The molecule has 0 radical (unpaired) electrons. The molecule has 0 saturated carbocycles. The molecule has 0 fully saturated rings. The summed E-state index contributed by atoms with van der Waals surface area (Å²) >= 11 is 0. The largest absolute Gasteiger partial charge is 0.340 e. The molecule has 1 rings (SSSR count). The summed E-state index contributed by atoms with van der Waals surface area (Å²) in [6.45, 7) is 0.848. The summed E-state index contributed by atoms with van der Waals surface area (Å²) in [6, 6.07) is 0. The van der Waals surface area contributed by atoms with E-state index < -0.39 is 0 Å². The van der Waals surface area contributed by atoms with E-state index in [-0.39, 0.29) is 12.4 Å². The van der Waals surface area contributed by atoms with Crippen LogP contribution in [0.1, 0.15) is 5.69 Å². The maximum Gasteiger partial charge on any atom is 0.0947 e. The van der Waals surface area contributed by atoms with E-state index in [0.29, 0.717) is 0 Å². The monoisotopic (exact) mass is 161 g/mol. The van der Waals surface area contributed by atoms with Crippen LogP contribution in [-0.2, 0) is 13.6 Å². The lowest BCUT2D eigenvalue weighted by Gasteiger charge is -1.89. The minimum absolute atomic E-state index is 0. The van der Waals surface area contributed by atoms with Gasteiger partial charge in [-0.15, -0.1) is 12.4 Å². The quantitative estimate of drug-likeness (QED) is 0.687. The van der Waals surface area contributed by atoms with Crippen molar-refractivity contribution in [3.05, 3.63) is 18.2 Å². The summed E-state index contributed by atoms with van der Waals surface area (Å²) in [6.07, 6.45) is 3.79. The van der Waals surface area contributed by atoms with Crippen molar-refractivity contribution in [1.82, 2.24) is 14.9 Å². The van der Waals surface area contributed by atoms with Crippen molar-refractivity contribution in [3.63, 3.8) is 0 Å². The summed E-state index contributed by atoms with van der Waals surface area (Å²) in [7, 11) is 3.88. The zero-order valence-corrected chi connectivity index (χ0v) is 6.98.